The molecule has 0 aliphatic heterocycles. The third-order valence-corrected chi connectivity index (χ3v) is 4.93. The Morgan fingerprint density at radius 3 is 2.60 bits per heavy atom. The van der Waals surface area contributed by atoms with Crippen LogP contribution in [-0.4, -0.2) is 31.1 Å². The van der Waals surface area contributed by atoms with Gasteiger partial charge in [-0.1, -0.05) is 0 Å². The van der Waals surface area contributed by atoms with Gasteiger partial charge in [0.2, 0.25) is 0 Å². The van der Waals surface area contributed by atoms with Gasteiger partial charge in [0.15, 0.2) is 0 Å². The monoisotopic (exact) mass is 407 g/mol. The summed E-state index contributed by atoms with van der Waals surface area (Å²) in [6.45, 7) is 0.382. The van der Waals surface area contributed by atoms with Crippen molar-refractivity contribution in [2.45, 2.75) is 25.4 Å². The molecule has 0 radical (unpaired) electrons. The number of hydrogen-bond acceptors (Lipinski definition) is 3. The molecule has 25 heavy (non-hydrogen) atoms. The van der Waals surface area contributed by atoms with Gasteiger partial charge in [0.25, 0.3) is 5.91 Å². The maximum Gasteiger partial charge on any atom is 0.255 e. The normalized spacial score (nSPS) is 13.4. The lowest BCUT2D eigenvalue weighted by Crippen LogP contribution is -2.33. The summed E-state index contributed by atoms with van der Waals surface area (Å²) in [7, 11) is 3.19. The number of rotatable bonds is 6. The molecule has 2 aromatic carbocycles. The number of hydrogen-bond donors (Lipinski definition) is 0. The summed E-state index contributed by atoms with van der Waals surface area (Å²) in [5.74, 6) is 0.767. The van der Waals surface area contributed by atoms with E-state index in [4.69, 9.17) is 9.47 Å². The fourth-order valence-electron chi connectivity index (χ4n) is 2.76. The van der Waals surface area contributed by atoms with Gasteiger partial charge in [-0.05, 0) is 65.2 Å². The first kappa shape index (κ1) is 17.7. The van der Waals surface area contributed by atoms with E-state index >= 15 is 0 Å². The Kier molecular flexibility index (Phi) is 5.27. The van der Waals surface area contributed by atoms with Crippen LogP contribution in [0.25, 0.3) is 0 Å². The molecule has 6 heteroatoms. The SMILES string of the molecule is COc1ccc(OC)c(CN(C(=O)c2cc(F)ccc2Br)C2CC2)c1. The summed E-state index contributed by atoms with van der Waals surface area (Å²) in [5, 5.41) is 0. The predicted molar refractivity (Wildman–Crippen MR) is 96.5 cm³/mol. The zero-order chi connectivity index (χ0) is 18.0. The van der Waals surface area contributed by atoms with E-state index in [1.54, 1.807) is 25.2 Å². The van der Waals surface area contributed by atoms with Crippen LogP contribution in [0.3, 0.4) is 0 Å². The Morgan fingerprint density at radius 1 is 1.20 bits per heavy atom. The number of carbonyl (C=O) groups excluding carboxylic acids is 1. The third-order valence-electron chi connectivity index (χ3n) is 4.24. The Hall–Kier alpha value is -2.08. The highest BCUT2D eigenvalue weighted by Gasteiger charge is 2.34. The molecular weight excluding hydrogens is 389 g/mol. The molecule has 0 spiro atoms. The summed E-state index contributed by atoms with van der Waals surface area (Å²) >= 11 is 3.35. The fraction of sp³-hybridized carbons (Fsp3) is 0.316. The van der Waals surface area contributed by atoms with Crippen molar-refractivity contribution in [3.05, 3.63) is 57.8 Å². The molecule has 1 amide bonds. The molecule has 3 rings (SSSR count). The molecule has 0 bridgehead atoms. The maximum atomic E-state index is 13.6. The molecule has 0 N–H and O–H groups in total. The Bertz CT molecular complexity index is 792. The zero-order valence-corrected chi connectivity index (χ0v) is 15.7. The molecule has 1 saturated carbocycles. The largest absolute Gasteiger partial charge is 0.497 e. The van der Waals surface area contributed by atoms with Gasteiger partial charge in [-0.15, -0.1) is 0 Å². The van der Waals surface area contributed by atoms with Crippen molar-refractivity contribution in [1.82, 2.24) is 4.90 Å². The van der Waals surface area contributed by atoms with Crippen LogP contribution in [0.15, 0.2) is 40.9 Å². The molecule has 132 valence electrons. The number of halogens is 2. The highest BCUT2D eigenvalue weighted by atomic mass is 79.9. The minimum Gasteiger partial charge on any atom is -0.497 e. The fourth-order valence-corrected chi connectivity index (χ4v) is 3.17. The number of ether oxygens (including phenoxy) is 2. The van der Waals surface area contributed by atoms with Gasteiger partial charge >= 0.3 is 0 Å². The van der Waals surface area contributed by atoms with Gasteiger partial charge < -0.3 is 14.4 Å². The van der Waals surface area contributed by atoms with Crippen molar-refractivity contribution in [1.29, 1.82) is 0 Å². The zero-order valence-electron chi connectivity index (χ0n) is 14.1. The van der Waals surface area contributed by atoms with E-state index in [-0.39, 0.29) is 11.9 Å². The van der Waals surface area contributed by atoms with Gasteiger partial charge in [-0.3, -0.25) is 4.79 Å². The third kappa shape index (κ3) is 3.95. The smallest absolute Gasteiger partial charge is 0.255 e. The van der Waals surface area contributed by atoms with Crippen LogP contribution in [0.4, 0.5) is 4.39 Å². The van der Waals surface area contributed by atoms with Crippen LogP contribution >= 0.6 is 15.9 Å². The summed E-state index contributed by atoms with van der Waals surface area (Å²) in [4.78, 5) is 14.8. The Labute approximate surface area is 154 Å². The second kappa shape index (κ2) is 7.44. The van der Waals surface area contributed by atoms with Crippen molar-refractivity contribution >= 4 is 21.8 Å². The molecule has 1 fully saturated rings. The number of carbonyl (C=O) groups is 1. The van der Waals surface area contributed by atoms with Crippen molar-refractivity contribution < 1.29 is 18.7 Å². The van der Waals surface area contributed by atoms with E-state index in [9.17, 15) is 9.18 Å². The van der Waals surface area contributed by atoms with Crippen molar-refractivity contribution in [2.24, 2.45) is 0 Å². The van der Waals surface area contributed by atoms with Crippen LogP contribution in [-0.2, 0) is 6.54 Å². The average Bonchev–Trinajstić information content (AvgIpc) is 3.45. The number of benzene rings is 2. The van der Waals surface area contributed by atoms with Crippen LogP contribution in [0.1, 0.15) is 28.8 Å². The van der Waals surface area contributed by atoms with Gasteiger partial charge in [0, 0.05) is 16.1 Å². The lowest BCUT2D eigenvalue weighted by molar-refractivity contribution is 0.0727. The van der Waals surface area contributed by atoms with Gasteiger partial charge in [0.1, 0.15) is 17.3 Å². The predicted octanol–water partition coefficient (Wildman–Crippen LogP) is 4.41. The first-order valence-corrected chi connectivity index (χ1v) is 8.79. The Balaban J connectivity index is 1.92. The molecule has 1 aliphatic rings. The van der Waals surface area contributed by atoms with Gasteiger partial charge in [-0.25, -0.2) is 4.39 Å². The lowest BCUT2D eigenvalue weighted by Gasteiger charge is -2.24. The van der Waals surface area contributed by atoms with Crippen LogP contribution in [0, 0.1) is 5.82 Å². The topological polar surface area (TPSA) is 38.8 Å². The van der Waals surface area contributed by atoms with Gasteiger partial charge in [-0.2, -0.15) is 0 Å². The van der Waals surface area contributed by atoms with Gasteiger partial charge in [0.05, 0.1) is 26.3 Å². The summed E-state index contributed by atoms with van der Waals surface area (Å²) in [6, 6.07) is 9.81. The molecule has 1 aliphatic carbocycles. The minimum absolute atomic E-state index is 0.165. The lowest BCUT2D eigenvalue weighted by atomic mass is 10.1. The number of methoxy groups -OCH3 is 2. The second-order valence-electron chi connectivity index (χ2n) is 5.97. The van der Waals surface area contributed by atoms with Crippen molar-refractivity contribution in [3.8, 4) is 11.5 Å². The van der Waals surface area contributed by atoms with Crippen molar-refractivity contribution in [3.63, 3.8) is 0 Å². The van der Waals surface area contributed by atoms with E-state index in [2.05, 4.69) is 15.9 Å². The number of amides is 1. The first-order chi connectivity index (χ1) is 12.0. The van der Waals surface area contributed by atoms with E-state index in [1.165, 1.54) is 12.1 Å². The molecule has 0 unspecified atom stereocenters. The first-order valence-electron chi connectivity index (χ1n) is 8.00. The molecule has 4 nitrogen and oxygen atoms in total. The van der Waals surface area contributed by atoms with E-state index in [0.717, 1.165) is 18.4 Å². The molecule has 2 aromatic rings. The minimum atomic E-state index is -0.429. The highest BCUT2D eigenvalue weighted by Crippen LogP contribution is 2.34. The summed E-state index contributed by atoms with van der Waals surface area (Å²) in [5.41, 5.74) is 1.18. The molecule has 0 aromatic heterocycles. The number of nitrogens with zero attached hydrogens (tertiary/aromatic N) is 1. The second-order valence-corrected chi connectivity index (χ2v) is 6.82. The van der Waals surface area contributed by atoms with E-state index < -0.39 is 5.82 Å². The molecular formula is C19H19BrFNO3. The highest BCUT2D eigenvalue weighted by molar-refractivity contribution is 9.10. The quantitative estimate of drug-likeness (QED) is 0.711. The molecule has 0 atom stereocenters. The molecule has 0 heterocycles. The Morgan fingerprint density at radius 2 is 1.96 bits per heavy atom. The standard InChI is InChI=1S/C19H19BrFNO3/c1-24-15-6-8-18(25-2)12(9-15)11-22(14-4-5-14)19(23)16-10-13(21)3-7-17(16)20/h3,6-10,14H,4-5,11H2,1-2H3. The summed E-state index contributed by atoms with van der Waals surface area (Å²) < 4.78 is 24.9. The van der Waals surface area contributed by atoms with Crippen molar-refractivity contribution in [2.75, 3.05) is 14.2 Å². The van der Waals surface area contributed by atoms with Crippen LogP contribution in [0.2, 0.25) is 0 Å². The average molecular weight is 408 g/mol. The summed E-state index contributed by atoms with van der Waals surface area (Å²) in [6.07, 6.45) is 1.90. The van der Waals surface area contributed by atoms with Crippen LogP contribution < -0.4 is 9.47 Å². The maximum absolute atomic E-state index is 13.6. The van der Waals surface area contributed by atoms with E-state index in [0.29, 0.717) is 28.1 Å². The van der Waals surface area contributed by atoms with Crippen LogP contribution in [0.5, 0.6) is 11.5 Å². The molecule has 0 saturated heterocycles. The van der Waals surface area contributed by atoms with E-state index in [1.807, 2.05) is 18.2 Å².